The topological polar surface area (TPSA) is 12.0 Å². The molecule has 0 radical (unpaired) electrons. The highest BCUT2D eigenvalue weighted by Crippen LogP contribution is 2.10. The summed E-state index contributed by atoms with van der Waals surface area (Å²) in [5.74, 6) is 0.580. The zero-order valence-corrected chi connectivity index (χ0v) is 9.22. The quantitative estimate of drug-likeness (QED) is 0.579. The minimum Gasteiger partial charge on any atom is -0.382 e. The molecule has 1 aromatic carbocycles. The minimum atomic E-state index is 0.580. The van der Waals surface area contributed by atoms with Crippen LogP contribution >= 0.6 is 11.6 Å². The Morgan fingerprint density at radius 2 is 2.21 bits per heavy atom. The van der Waals surface area contributed by atoms with Crippen LogP contribution in [0.4, 0.5) is 5.69 Å². The molecule has 76 valence electrons. The van der Waals surface area contributed by atoms with Crippen molar-refractivity contribution in [3.63, 3.8) is 0 Å². The molecular weight excluding hydrogens is 194 g/mol. The fourth-order valence-corrected chi connectivity index (χ4v) is 1.35. The molecule has 0 aromatic heterocycles. The van der Waals surface area contributed by atoms with Gasteiger partial charge in [0.25, 0.3) is 0 Å². The third-order valence-electron chi connectivity index (χ3n) is 2.02. The van der Waals surface area contributed by atoms with Gasteiger partial charge in [-0.25, -0.2) is 0 Å². The van der Waals surface area contributed by atoms with Gasteiger partial charge in [-0.05, 0) is 24.1 Å². The van der Waals surface area contributed by atoms with Gasteiger partial charge in [-0.2, -0.15) is 0 Å². The van der Waals surface area contributed by atoms with Gasteiger partial charge in [0.15, 0.2) is 0 Å². The summed E-state index contributed by atoms with van der Waals surface area (Å²) in [7, 11) is 0. The third-order valence-corrected chi connectivity index (χ3v) is 2.19. The predicted molar refractivity (Wildman–Crippen MR) is 64.2 cm³/mol. The molecule has 2 heteroatoms. The summed E-state index contributed by atoms with van der Waals surface area (Å²) in [4.78, 5) is 0. The first-order chi connectivity index (χ1) is 6.86. The average molecular weight is 210 g/mol. The van der Waals surface area contributed by atoms with Crippen molar-refractivity contribution in [3.8, 4) is 0 Å². The molecule has 14 heavy (non-hydrogen) atoms. The monoisotopic (exact) mass is 209 g/mol. The van der Waals surface area contributed by atoms with E-state index in [9.17, 15) is 0 Å². The lowest BCUT2D eigenvalue weighted by Gasteiger charge is -2.04. The molecule has 0 aliphatic rings. The third kappa shape index (κ3) is 3.84. The second kappa shape index (κ2) is 6.50. The second-order valence-electron chi connectivity index (χ2n) is 3.06. The summed E-state index contributed by atoms with van der Waals surface area (Å²) in [6, 6.07) is 8.47. The summed E-state index contributed by atoms with van der Waals surface area (Å²) in [5, 5.41) is 3.31. The SMILES string of the molecule is CCc1cccc(NC/C=C/CCl)c1. The number of hydrogen-bond acceptors (Lipinski definition) is 1. The van der Waals surface area contributed by atoms with E-state index < -0.39 is 0 Å². The molecule has 0 atom stereocenters. The Morgan fingerprint density at radius 3 is 2.93 bits per heavy atom. The summed E-state index contributed by atoms with van der Waals surface area (Å²) >= 11 is 5.52. The molecule has 1 rings (SSSR count). The maximum atomic E-state index is 5.52. The lowest BCUT2D eigenvalue weighted by molar-refractivity contribution is 1.14. The molecule has 0 aliphatic heterocycles. The van der Waals surface area contributed by atoms with Gasteiger partial charge in [-0.15, -0.1) is 11.6 Å². The lowest BCUT2D eigenvalue weighted by Crippen LogP contribution is -1.98. The fourth-order valence-electron chi connectivity index (χ4n) is 1.22. The van der Waals surface area contributed by atoms with E-state index in [0.29, 0.717) is 5.88 Å². The van der Waals surface area contributed by atoms with E-state index in [-0.39, 0.29) is 0 Å². The predicted octanol–water partition coefficient (Wildman–Crippen LogP) is 3.46. The molecule has 0 fully saturated rings. The zero-order chi connectivity index (χ0) is 10.2. The van der Waals surface area contributed by atoms with Crippen molar-refractivity contribution >= 4 is 17.3 Å². The summed E-state index contributed by atoms with van der Waals surface area (Å²) in [6.45, 7) is 2.99. The van der Waals surface area contributed by atoms with Gasteiger partial charge in [0, 0.05) is 18.1 Å². The number of benzene rings is 1. The van der Waals surface area contributed by atoms with Gasteiger partial charge >= 0.3 is 0 Å². The Morgan fingerprint density at radius 1 is 1.36 bits per heavy atom. The maximum Gasteiger partial charge on any atom is 0.0404 e. The number of rotatable bonds is 5. The van der Waals surface area contributed by atoms with Crippen LogP contribution in [-0.4, -0.2) is 12.4 Å². The standard InChI is InChI=1S/C12H16ClN/c1-2-11-6-5-7-12(10-11)14-9-4-3-8-13/h3-7,10,14H,2,8-9H2,1H3/b4-3+. The molecular formula is C12H16ClN. The van der Waals surface area contributed by atoms with Gasteiger partial charge in [0.2, 0.25) is 0 Å². The van der Waals surface area contributed by atoms with E-state index in [1.165, 1.54) is 11.3 Å². The first kappa shape index (κ1) is 11.1. The normalized spacial score (nSPS) is 10.7. The highest BCUT2D eigenvalue weighted by Gasteiger charge is 1.91. The van der Waals surface area contributed by atoms with Crippen LogP contribution in [0.1, 0.15) is 12.5 Å². The molecule has 0 heterocycles. The van der Waals surface area contributed by atoms with Crippen LogP contribution in [0.25, 0.3) is 0 Å². The van der Waals surface area contributed by atoms with Crippen molar-refractivity contribution in [1.29, 1.82) is 0 Å². The van der Waals surface area contributed by atoms with Crippen LogP contribution in [-0.2, 0) is 6.42 Å². The van der Waals surface area contributed by atoms with Gasteiger partial charge < -0.3 is 5.32 Å². The van der Waals surface area contributed by atoms with Crippen molar-refractivity contribution < 1.29 is 0 Å². The van der Waals surface area contributed by atoms with E-state index in [0.717, 1.165) is 13.0 Å². The molecule has 0 aliphatic carbocycles. The lowest BCUT2D eigenvalue weighted by atomic mass is 10.1. The Bertz CT molecular complexity index is 294. The van der Waals surface area contributed by atoms with Crippen molar-refractivity contribution in [1.82, 2.24) is 0 Å². The molecule has 0 unspecified atom stereocenters. The number of anilines is 1. The smallest absolute Gasteiger partial charge is 0.0404 e. The summed E-state index contributed by atoms with van der Waals surface area (Å²) in [5.41, 5.74) is 2.53. The zero-order valence-electron chi connectivity index (χ0n) is 8.46. The van der Waals surface area contributed by atoms with E-state index in [1.807, 2.05) is 12.2 Å². The average Bonchev–Trinajstić information content (AvgIpc) is 2.25. The van der Waals surface area contributed by atoms with E-state index in [2.05, 4.69) is 36.5 Å². The van der Waals surface area contributed by atoms with Crippen molar-refractivity contribution in [2.24, 2.45) is 0 Å². The number of nitrogens with one attached hydrogen (secondary N) is 1. The Kier molecular flexibility index (Phi) is 5.16. The summed E-state index contributed by atoms with van der Waals surface area (Å²) in [6.07, 6.45) is 5.05. The number of allylic oxidation sites excluding steroid dienone is 1. The van der Waals surface area contributed by atoms with Crippen LogP contribution in [0.3, 0.4) is 0 Å². The first-order valence-corrected chi connectivity index (χ1v) is 5.44. The molecule has 0 saturated carbocycles. The van der Waals surface area contributed by atoms with Crippen molar-refractivity contribution in [3.05, 3.63) is 42.0 Å². The van der Waals surface area contributed by atoms with E-state index in [4.69, 9.17) is 11.6 Å². The Balaban J connectivity index is 2.46. The minimum absolute atomic E-state index is 0.580. The summed E-state index contributed by atoms with van der Waals surface area (Å²) < 4.78 is 0. The van der Waals surface area contributed by atoms with Gasteiger partial charge in [0.1, 0.15) is 0 Å². The van der Waals surface area contributed by atoms with Crippen molar-refractivity contribution in [2.75, 3.05) is 17.7 Å². The second-order valence-corrected chi connectivity index (χ2v) is 3.37. The Hall–Kier alpha value is -0.950. The largest absolute Gasteiger partial charge is 0.382 e. The van der Waals surface area contributed by atoms with Crippen molar-refractivity contribution in [2.45, 2.75) is 13.3 Å². The van der Waals surface area contributed by atoms with E-state index >= 15 is 0 Å². The van der Waals surface area contributed by atoms with Crippen LogP contribution in [0.2, 0.25) is 0 Å². The fraction of sp³-hybridized carbons (Fsp3) is 0.333. The number of halogens is 1. The number of aryl methyl sites for hydroxylation is 1. The number of hydrogen-bond donors (Lipinski definition) is 1. The van der Waals surface area contributed by atoms with Crippen LogP contribution < -0.4 is 5.32 Å². The molecule has 1 nitrogen and oxygen atoms in total. The van der Waals surface area contributed by atoms with Crippen LogP contribution in [0.15, 0.2) is 36.4 Å². The van der Waals surface area contributed by atoms with E-state index in [1.54, 1.807) is 0 Å². The molecule has 1 N–H and O–H groups in total. The molecule has 0 saturated heterocycles. The maximum absolute atomic E-state index is 5.52. The number of alkyl halides is 1. The highest BCUT2D eigenvalue weighted by molar-refractivity contribution is 6.18. The van der Waals surface area contributed by atoms with Crippen LogP contribution in [0, 0.1) is 0 Å². The van der Waals surface area contributed by atoms with Crippen LogP contribution in [0.5, 0.6) is 0 Å². The Labute approximate surface area is 90.8 Å². The first-order valence-electron chi connectivity index (χ1n) is 4.90. The molecule has 1 aromatic rings. The highest BCUT2D eigenvalue weighted by atomic mass is 35.5. The van der Waals surface area contributed by atoms with Gasteiger partial charge in [0.05, 0.1) is 0 Å². The molecule has 0 spiro atoms. The van der Waals surface area contributed by atoms with Gasteiger partial charge in [-0.1, -0.05) is 31.2 Å². The molecule has 0 amide bonds. The molecule has 0 bridgehead atoms. The van der Waals surface area contributed by atoms with Gasteiger partial charge in [-0.3, -0.25) is 0 Å².